The van der Waals surface area contributed by atoms with E-state index in [2.05, 4.69) is 5.43 Å². The number of rotatable bonds is 4. The molecule has 116 valence electrons. The van der Waals surface area contributed by atoms with Gasteiger partial charge >= 0.3 is 0 Å². The molecule has 0 bridgehead atoms. The lowest BCUT2D eigenvalue weighted by atomic mass is 10.1. The molecule has 6 heteroatoms. The maximum atomic E-state index is 12.4. The van der Waals surface area contributed by atoms with Gasteiger partial charge in [-0.2, -0.15) is 5.01 Å². The van der Waals surface area contributed by atoms with Gasteiger partial charge in [-0.1, -0.05) is 24.3 Å². The summed E-state index contributed by atoms with van der Waals surface area (Å²) in [7, 11) is 0. The third-order valence-electron chi connectivity index (χ3n) is 3.44. The summed E-state index contributed by atoms with van der Waals surface area (Å²) in [5, 5.41) is 0.732. The molecular weight excluding hydrogens is 296 g/mol. The number of hydrogen-bond donors (Lipinski definition) is 1. The summed E-state index contributed by atoms with van der Waals surface area (Å²) in [5.74, 6) is -1.28. The van der Waals surface area contributed by atoms with Gasteiger partial charge in [0, 0.05) is 0 Å². The summed E-state index contributed by atoms with van der Waals surface area (Å²) in [6.07, 6.45) is 0. The van der Waals surface area contributed by atoms with Gasteiger partial charge in [0.15, 0.2) is 0 Å². The summed E-state index contributed by atoms with van der Waals surface area (Å²) in [6, 6.07) is 13.1. The van der Waals surface area contributed by atoms with Crippen molar-refractivity contribution >= 4 is 17.7 Å². The second-order valence-electron chi connectivity index (χ2n) is 4.86. The first-order valence-electron chi connectivity index (χ1n) is 7.14. The average Bonchev–Trinajstić information content (AvgIpc) is 2.81. The van der Waals surface area contributed by atoms with Crippen LogP contribution < -0.4 is 10.2 Å². The first kappa shape index (κ1) is 14.8. The number of para-hydroxylation sites is 1. The van der Waals surface area contributed by atoms with Crippen LogP contribution in [0.4, 0.5) is 0 Å². The van der Waals surface area contributed by atoms with E-state index in [1.54, 1.807) is 55.5 Å². The lowest BCUT2D eigenvalue weighted by Gasteiger charge is -2.16. The number of nitrogens with zero attached hydrogens (tertiary/aromatic N) is 1. The second kappa shape index (κ2) is 5.92. The maximum absolute atomic E-state index is 12.4. The lowest BCUT2D eigenvalue weighted by Crippen LogP contribution is -2.45. The minimum absolute atomic E-state index is 0.255. The molecule has 1 aliphatic heterocycles. The molecule has 0 fully saturated rings. The van der Waals surface area contributed by atoms with E-state index in [0.29, 0.717) is 12.4 Å². The molecule has 2 aromatic rings. The van der Waals surface area contributed by atoms with E-state index in [4.69, 9.17) is 4.74 Å². The van der Waals surface area contributed by atoms with Gasteiger partial charge in [-0.05, 0) is 31.2 Å². The van der Waals surface area contributed by atoms with Gasteiger partial charge in [0.1, 0.15) is 5.75 Å². The highest BCUT2D eigenvalue weighted by atomic mass is 16.5. The number of hydrogen-bond acceptors (Lipinski definition) is 4. The molecule has 6 nitrogen and oxygen atoms in total. The highest BCUT2D eigenvalue weighted by Crippen LogP contribution is 2.22. The van der Waals surface area contributed by atoms with Gasteiger partial charge in [0.25, 0.3) is 17.7 Å². The topological polar surface area (TPSA) is 75.7 Å². The smallest absolute Gasteiger partial charge is 0.280 e. The number of amides is 3. The third kappa shape index (κ3) is 2.55. The van der Waals surface area contributed by atoms with Crippen LogP contribution in [0.15, 0.2) is 48.5 Å². The van der Waals surface area contributed by atoms with Crippen molar-refractivity contribution in [2.45, 2.75) is 6.92 Å². The molecule has 2 aromatic carbocycles. The van der Waals surface area contributed by atoms with Crippen molar-refractivity contribution in [1.82, 2.24) is 10.4 Å². The van der Waals surface area contributed by atoms with Crippen LogP contribution in [0.25, 0.3) is 0 Å². The second-order valence-corrected chi connectivity index (χ2v) is 4.86. The van der Waals surface area contributed by atoms with Crippen LogP contribution >= 0.6 is 0 Å². The Morgan fingerprint density at radius 1 is 1.00 bits per heavy atom. The predicted molar refractivity (Wildman–Crippen MR) is 82.0 cm³/mol. The number of ether oxygens (including phenoxy) is 1. The van der Waals surface area contributed by atoms with Crippen LogP contribution in [-0.2, 0) is 0 Å². The lowest BCUT2D eigenvalue weighted by molar-refractivity contribution is 0.0517. The van der Waals surface area contributed by atoms with E-state index >= 15 is 0 Å². The van der Waals surface area contributed by atoms with Crippen LogP contribution in [0, 0.1) is 0 Å². The average molecular weight is 310 g/mol. The monoisotopic (exact) mass is 310 g/mol. The van der Waals surface area contributed by atoms with Crippen molar-refractivity contribution in [1.29, 1.82) is 0 Å². The number of imide groups is 1. The summed E-state index contributed by atoms with van der Waals surface area (Å²) in [4.78, 5) is 36.9. The molecule has 1 aliphatic rings. The Kier molecular flexibility index (Phi) is 3.80. The Bertz CT molecular complexity index is 766. The molecule has 0 atom stereocenters. The first-order valence-corrected chi connectivity index (χ1v) is 7.14. The summed E-state index contributed by atoms with van der Waals surface area (Å²) < 4.78 is 5.39. The molecule has 3 amide bonds. The zero-order valence-corrected chi connectivity index (χ0v) is 12.4. The zero-order valence-electron chi connectivity index (χ0n) is 12.4. The van der Waals surface area contributed by atoms with Gasteiger partial charge in [-0.3, -0.25) is 19.8 Å². The first-order chi connectivity index (χ1) is 11.1. The van der Waals surface area contributed by atoms with E-state index in [9.17, 15) is 14.4 Å². The zero-order chi connectivity index (χ0) is 16.4. The Morgan fingerprint density at radius 3 is 2.17 bits per heavy atom. The van der Waals surface area contributed by atoms with E-state index < -0.39 is 17.7 Å². The van der Waals surface area contributed by atoms with E-state index in [1.807, 2.05) is 0 Å². The van der Waals surface area contributed by atoms with Crippen molar-refractivity contribution in [2.75, 3.05) is 6.61 Å². The van der Waals surface area contributed by atoms with E-state index in [-0.39, 0.29) is 16.7 Å². The Morgan fingerprint density at radius 2 is 1.57 bits per heavy atom. The van der Waals surface area contributed by atoms with Crippen LogP contribution in [0.3, 0.4) is 0 Å². The molecule has 0 spiro atoms. The number of hydrazine groups is 1. The Balaban J connectivity index is 1.85. The van der Waals surface area contributed by atoms with Crippen molar-refractivity contribution in [2.24, 2.45) is 0 Å². The Hall–Kier alpha value is -3.15. The largest absolute Gasteiger partial charge is 0.493 e. The van der Waals surface area contributed by atoms with Gasteiger partial charge < -0.3 is 4.74 Å². The van der Waals surface area contributed by atoms with Crippen molar-refractivity contribution in [3.8, 4) is 5.75 Å². The molecule has 23 heavy (non-hydrogen) atoms. The van der Waals surface area contributed by atoms with Crippen LogP contribution in [-0.4, -0.2) is 29.3 Å². The molecule has 1 N–H and O–H groups in total. The SMILES string of the molecule is CCOc1ccccc1C(=O)NN1C(=O)c2ccccc2C1=O. The molecule has 1 heterocycles. The van der Waals surface area contributed by atoms with Crippen molar-refractivity contribution in [3.63, 3.8) is 0 Å². The quantitative estimate of drug-likeness (QED) is 0.877. The molecule has 0 aromatic heterocycles. The number of fused-ring (bicyclic) bond motifs is 1. The summed E-state index contributed by atoms with van der Waals surface area (Å²) in [6.45, 7) is 2.20. The highest BCUT2D eigenvalue weighted by Gasteiger charge is 2.36. The third-order valence-corrected chi connectivity index (χ3v) is 3.44. The fourth-order valence-corrected chi connectivity index (χ4v) is 2.39. The fraction of sp³-hybridized carbons (Fsp3) is 0.118. The van der Waals surface area contributed by atoms with Gasteiger partial charge in [0.05, 0.1) is 23.3 Å². The normalized spacial score (nSPS) is 13.0. The molecular formula is C17H14N2O4. The van der Waals surface area contributed by atoms with Crippen LogP contribution in [0.1, 0.15) is 38.0 Å². The number of carbonyl (C=O) groups is 3. The fourth-order valence-electron chi connectivity index (χ4n) is 2.39. The van der Waals surface area contributed by atoms with Gasteiger partial charge in [-0.15, -0.1) is 0 Å². The summed E-state index contributed by atoms with van der Waals surface area (Å²) in [5.41, 5.74) is 3.16. The van der Waals surface area contributed by atoms with Gasteiger partial charge in [0.2, 0.25) is 0 Å². The van der Waals surface area contributed by atoms with E-state index in [0.717, 1.165) is 5.01 Å². The van der Waals surface area contributed by atoms with Crippen LogP contribution in [0.5, 0.6) is 5.75 Å². The maximum Gasteiger partial charge on any atom is 0.280 e. The minimum atomic E-state index is -0.580. The van der Waals surface area contributed by atoms with Gasteiger partial charge in [-0.25, -0.2) is 0 Å². The minimum Gasteiger partial charge on any atom is -0.493 e. The van der Waals surface area contributed by atoms with Crippen molar-refractivity contribution < 1.29 is 19.1 Å². The van der Waals surface area contributed by atoms with Crippen molar-refractivity contribution in [3.05, 3.63) is 65.2 Å². The molecule has 0 radical (unpaired) electrons. The van der Waals surface area contributed by atoms with Crippen LogP contribution in [0.2, 0.25) is 0 Å². The number of carbonyl (C=O) groups excluding carboxylic acids is 3. The molecule has 0 saturated carbocycles. The Labute approximate surface area is 132 Å². The number of benzene rings is 2. The molecule has 0 aliphatic carbocycles. The highest BCUT2D eigenvalue weighted by molar-refractivity contribution is 6.22. The number of nitrogens with one attached hydrogen (secondary N) is 1. The standard InChI is InChI=1S/C17H14N2O4/c1-2-23-14-10-6-5-9-13(14)15(20)18-19-16(21)11-7-3-4-8-12(11)17(19)22/h3-10H,2H2,1H3,(H,18,20). The predicted octanol–water partition coefficient (Wildman–Crippen LogP) is 2.03. The molecule has 3 rings (SSSR count). The summed E-state index contributed by atoms with van der Waals surface area (Å²) >= 11 is 0. The molecule has 0 saturated heterocycles. The van der Waals surface area contributed by atoms with E-state index in [1.165, 1.54) is 0 Å². The molecule has 0 unspecified atom stereocenters.